The molecule has 1 aromatic heterocycles. The Morgan fingerprint density at radius 2 is 2.42 bits per heavy atom. The van der Waals surface area contributed by atoms with Crippen molar-refractivity contribution < 1.29 is 4.79 Å². The molecule has 0 aliphatic rings. The molecule has 0 saturated carbocycles. The first-order valence-electron chi connectivity index (χ1n) is 3.63. The molecule has 2 amide bonds. The number of hydrogen-bond acceptors (Lipinski definition) is 2. The second-order valence-electron chi connectivity index (χ2n) is 2.64. The summed E-state index contributed by atoms with van der Waals surface area (Å²) in [6.45, 7) is 4.20. The molecule has 12 heavy (non-hydrogen) atoms. The molecule has 1 aromatic rings. The van der Waals surface area contributed by atoms with Gasteiger partial charge in [0.2, 0.25) is 0 Å². The number of hydrogen-bond donors (Lipinski definition) is 2. The van der Waals surface area contributed by atoms with E-state index in [0.717, 1.165) is 11.3 Å². The van der Waals surface area contributed by atoms with Crippen molar-refractivity contribution in [1.82, 2.24) is 15.1 Å². The van der Waals surface area contributed by atoms with E-state index in [2.05, 4.69) is 10.4 Å². The lowest BCUT2D eigenvalue weighted by Gasteiger charge is -2.00. The molecule has 0 saturated heterocycles. The van der Waals surface area contributed by atoms with E-state index in [9.17, 15) is 4.79 Å². The number of carbonyl (C=O) groups excluding carboxylic acids is 1. The Balaban J connectivity index is 2.58. The van der Waals surface area contributed by atoms with Gasteiger partial charge in [0.05, 0.1) is 5.69 Å². The Labute approximate surface area is 70.5 Å². The lowest BCUT2D eigenvalue weighted by Crippen LogP contribution is -2.31. The number of urea groups is 1. The lowest BCUT2D eigenvalue weighted by molar-refractivity contribution is 0.245. The molecule has 1 rings (SSSR count). The summed E-state index contributed by atoms with van der Waals surface area (Å²) in [6, 6.07) is -0.541. The molecule has 0 bridgehead atoms. The number of nitrogens with one attached hydrogen (secondary N) is 1. The van der Waals surface area contributed by atoms with Gasteiger partial charge in [-0.05, 0) is 19.4 Å². The van der Waals surface area contributed by atoms with E-state index < -0.39 is 6.03 Å². The van der Waals surface area contributed by atoms with E-state index in [0.29, 0.717) is 6.67 Å². The highest BCUT2D eigenvalue weighted by atomic mass is 16.2. The monoisotopic (exact) mass is 168 g/mol. The molecule has 1 heterocycles. The maximum atomic E-state index is 10.3. The second-order valence-corrected chi connectivity index (χ2v) is 2.64. The van der Waals surface area contributed by atoms with Crippen LogP contribution in [-0.4, -0.2) is 15.8 Å². The Morgan fingerprint density at radius 3 is 2.83 bits per heavy atom. The number of rotatable bonds is 2. The van der Waals surface area contributed by atoms with Crippen molar-refractivity contribution in [1.29, 1.82) is 0 Å². The normalized spacial score (nSPS) is 9.83. The SMILES string of the molecule is Cc1cn(CNC(N)=O)nc1C. The average molecular weight is 168 g/mol. The zero-order valence-corrected chi connectivity index (χ0v) is 7.16. The molecule has 5 heteroatoms. The fraction of sp³-hybridized carbons (Fsp3) is 0.429. The highest BCUT2D eigenvalue weighted by Gasteiger charge is 1.99. The van der Waals surface area contributed by atoms with Crippen molar-refractivity contribution in [2.75, 3.05) is 0 Å². The van der Waals surface area contributed by atoms with E-state index in [1.807, 2.05) is 20.0 Å². The van der Waals surface area contributed by atoms with Crippen molar-refractivity contribution in [3.05, 3.63) is 17.5 Å². The summed E-state index contributed by atoms with van der Waals surface area (Å²) in [7, 11) is 0. The minimum atomic E-state index is -0.541. The van der Waals surface area contributed by atoms with E-state index >= 15 is 0 Å². The Morgan fingerprint density at radius 1 is 1.75 bits per heavy atom. The molecule has 0 aliphatic carbocycles. The van der Waals surface area contributed by atoms with E-state index in [1.54, 1.807) is 4.68 Å². The Hall–Kier alpha value is -1.52. The fourth-order valence-electron chi connectivity index (χ4n) is 0.857. The molecule has 0 atom stereocenters. The van der Waals surface area contributed by atoms with Gasteiger partial charge in [0.25, 0.3) is 0 Å². The number of nitrogens with two attached hydrogens (primary N) is 1. The molecule has 0 radical (unpaired) electrons. The van der Waals surface area contributed by atoms with Gasteiger partial charge in [0.15, 0.2) is 0 Å². The van der Waals surface area contributed by atoms with Crippen LogP contribution < -0.4 is 11.1 Å². The van der Waals surface area contributed by atoms with E-state index in [1.165, 1.54) is 0 Å². The zero-order chi connectivity index (χ0) is 9.14. The number of amides is 2. The number of aromatic nitrogens is 2. The summed E-state index contributed by atoms with van der Waals surface area (Å²) in [6.07, 6.45) is 1.85. The maximum absolute atomic E-state index is 10.3. The number of carbonyl (C=O) groups is 1. The summed E-state index contributed by atoms with van der Waals surface area (Å²) in [5.74, 6) is 0. The standard InChI is InChI=1S/C7H12N4O/c1-5-3-11(10-6(5)2)4-9-7(8)12/h3H,4H2,1-2H3,(H3,8,9,12). The number of nitrogens with zero attached hydrogens (tertiary/aromatic N) is 2. The van der Waals surface area contributed by atoms with Crippen molar-refractivity contribution >= 4 is 6.03 Å². The molecule has 3 N–H and O–H groups in total. The molecule has 0 aliphatic heterocycles. The van der Waals surface area contributed by atoms with Crippen LogP contribution in [0.15, 0.2) is 6.20 Å². The van der Waals surface area contributed by atoms with Gasteiger partial charge in [-0.15, -0.1) is 0 Å². The molecular formula is C7H12N4O. The van der Waals surface area contributed by atoms with E-state index in [-0.39, 0.29) is 0 Å². The lowest BCUT2D eigenvalue weighted by atomic mass is 10.3. The highest BCUT2D eigenvalue weighted by molar-refractivity contribution is 5.71. The first-order chi connectivity index (χ1) is 5.59. The van der Waals surface area contributed by atoms with Gasteiger partial charge >= 0.3 is 6.03 Å². The van der Waals surface area contributed by atoms with Crippen LogP contribution in [0.5, 0.6) is 0 Å². The van der Waals surface area contributed by atoms with Gasteiger partial charge in [0, 0.05) is 6.20 Å². The van der Waals surface area contributed by atoms with Gasteiger partial charge in [-0.2, -0.15) is 5.10 Å². The summed E-state index contributed by atoms with van der Waals surface area (Å²) >= 11 is 0. The largest absolute Gasteiger partial charge is 0.352 e. The summed E-state index contributed by atoms with van der Waals surface area (Å²) in [5.41, 5.74) is 6.95. The molecule has 5 nitrogen and oxygen atoms in total. The molecule has 0 fully saturated rings. The Kier molecular flexibility index (Phi) is 2.32. The van der Waals surface area contributed by atoms with Crippen molar-refractivity contribution in [2.45, 2.75) is 20.5 Å². The minimum absolute atomic E-state index is 0.323. The summed E-state index contributed by atoms with van der Waals surface area (Å²) in [5, 5.41) is 6.57. The predicted molar refractivity (Wildman–Crippen MR) is 44.4 cm³/mol. The molecular weight excluding hydrogens is 156 g/mol. The molecule has 66 valence electrons. The third-order valence-electron chi connectivity index (χ3n) is 1.61. The quantitative estimate of drug-likeness (QED) is 0.658. The van der Waals surface area contributed by atoms with Crippen LogP contribution >= 0.6 is 0 Å². The van der Waals surface area contributed by atoms with Crippen LogP contribution in [0.2, 0.25) is 0 Å². The highest BCUT2D eigenvalue weighted by Crippen LogP contribution is 2.01. The van der Waals surface area contributed by atoms with E-state index in [4.69, 9.17) is 5.73 Å². The smallest absolute Gasteiger partial charge is 0.313 e. The predicted octanol–water partition coefficient (Wildman–Crippen LogP) is 0.126. The molecule has 0 unspecified atom stereocenters. The van der Waals surface area contributed by atoms with Crippen LogP contribution in [0.4, 0.5) is 4.79 Å². The number of aryl methyl sites for hydroxylation is 2. The average Bonchev–Trinajstić information content (AvgIpc) is 2.28. The maximum Gasteiger partial charge on any atom is 0.313 e. The molecule has 0 spiro atoms. The van der Waals surface area contributed by atoms with Gasteiger partial charge < -0.3 is 11.1 Å². The Bertz CT molecular complexity index is 272. The van der Waals surface area contributed by atoms with Crippen LogP contribution in [0.3, 0.4) is 0 Å². The summed E-state index contributed by atoms with van der Waals surface area (Å²) in [4.78, 5) is 10.3. The van der Waals surface area contributed by atoms with Gasteiger partial charge in [0.1, 0.15) is 6.67 Å². The zero-order valence-electron chi connectivity index (χ0n) is 7.16. The first kappa shape index (κ1) is 8.58. The number of primary amides is 1. The second kappa shape index (κ2) is 3.25. The first-order valence-corrected chi connectivity index (χ1v) is 3.63. The van der Waals surface area contributed by atoms with Gasteiger partial charge in [-0.3, -0.25) is 4.68 Å². The topological polar surface area (TPSA) is 72.9 Å². The van der Waals surface area contributed by atoms with Crippen LogP contribution in [-0.2, 0) is 6.67 Å². The van der Waals surface area contributed by atoms with Crippen molar-refractivity contribution in [2.24, 2.45) is 5.73 Å². The third kappa shape index (κ3) is 1.98. The van der Waals surface area contributed by atoms with Crippen LogP contribution in [0, 0.1) is 13.8 Å². The van der Waals surface area contributed by atoms with Crippen LogP contribution in [0.25, 0.3) is 0 Å². The van der Waals surface area contributed by atoms with Gasteiger partial charge in [-0.1, -0.05) is 0 Å². The van der Waals surface area contributed by atoms with Gasteiger partial charge in [-0.25, -0.2) is 4.79 Å². The third-order valence-corrected chi connectivity index (χ3v) is 1.61. The fourth-order valence-corrected chi connectivity index (χ4v) is 0.857. The van der Waals surface area contributed by atoms with Crippen LogP contribution in [0.1, 0.15) is 11.3 Å². The summed E-state index contributed by atoms with van der Waals surface area (Å²) < 4.78 is 1.63. The van der Waals surface area contributed by atoms with Crippen molar-refractivity contribution in [3.8, 4) is 0 Å². The minimum Gasteiger partial charge on any atom is -0.352 e. The molecule has 0 aromatic carbocycles. The van der Waals surface area contributed by atoms with Crippen molar-refractivity contribution in [3.63, 3.8) is 0 Å².